The fourth-order valence-electron chi connectivity index (χ4n) is 4.27. The summed E-state index contributed by atoms with van der Waals surface area (Å²) >= 11 is 3.52. The lowest BCUT2D eigenvalue weighted by Crippen LogP contribution is -2.24. The molecule has 0 aliphatic rings. The van der Waals surface area contributed by atoms with Crippen LogP contribution in [0.1, 0.15) is 17.0 Å². The number of benzene rings is 4. The molecule has 1 N–H and O–H groups in total. The molecule has 1 aromatic heterocycles. The first-order valence-electron chi connectivity index (χ1n) is 12.3. The molecule has 0 spiro atoms. The highest BCUT2D eigenvalue weighted by Gasteiger charge is 2.42. The van der Waals surface area contributed by atoms with Gasteiger partial charge in [0, 0.05) is 11.5 Å². The maximum absolute atomic E-state index is 14.9. The Bertz CT molecular complexity index is 1630. The quantitative estimate of drug-likeness (QED) is 0.175. The molecule has 0 amide bonds. The van der Waals surface area contributed by atoms with Crippen molar-refractivity contribution in [2.75, 3.05) is 5.32 Å². The summed E-state index contributed by atoms with van der Waals surface area (Å²) in [4.78, 5) is 13.8. The van der Waals surface area contributed by atoms with Gasteiger partial charge in [0.2, 0.25) is 0 Å². The Hall–Kier alpha value is -4.00. The number of halogens is 1. The smallest absolute Gasteiger partial charge is 0.414 e. The normalized spacial score (nSPS) is 12.1. The SMILES string of the molecule is Cc1c(NC(c2cccc(Br)c2)P(=O)(Oc2ccccc2)Oc2ccccc2)c(=O)n(-c2ccccc2)n1C. The Morgan fingerprint density at radius 1 is 0.795 bits per heavy atom. The van der Waals surface area contributed by atoms with Gasteiger partial charge in [-0.05, 0) is 61.0 Å². The van der Waals surface area contributed by atoms with Crippen LogP contribution in [0, 0.1) is 6.92 Å². The number of nitrogens with zero attached hydrogens (tertiary/aromatic N) is 2. The number of anilines is 1. The van der Waals surface area contributed by atoms with E-state index in [9.17, 15) is 9.36 Å². The molecule has 39 heavy (non-hydrogen) atoms. The van der Waals surface area contributed by atoms with Gasteiger partial charge in [-0.3, -0.25) is 9.48 Å². The second-order valence-electron chi connectivity index (χ2n) is 8.89. The number of hydrogen-bond acceptors (Lipinski definition) is 5. The maximum Gasteiger partial charge on any atom is 0.457 e. The van der Waals surface area contributed by atoms with Gasteiger partial charge in [0.15, 0.2) is 5.78 Å². The predicted molar refractivity (Wildman–Crippen MR) is 158 cm³/mol. The molecule has 0 radical (unpaired) electrons. The lowest BCUT2D eigenvalue weighted by atomic mass is 10.2. The summed E-state index contributed by atoms with van der Waals surface area (Å²) in [5, 5.41) is 3.28. The molecule has 1 heterocycles. The molecule has 0 saturated heterocycles. The van der Waals surface area contributed by atoms with Crippen LogP contribution >= 0.6 is 23.5 Å². The van der Waals surface area contributed by atoms with Crippen LogP contribution < -0.4 is 19.9 Å². The summed E-state index contributed by atoms with van der Waals surface area (Å²) < 4.78 is 31.4. The average molecular weight is 604 g/mol. The Balaban J connectivity index is 1.66. The molecule has 5 rings (SSSR count). The fraction of sp³-hybridized carbons (Fsp3) is 0.100. The number of hydrogen-bond donors (Lipinski definition) is 1. The molecule has 4 aromatic carbocycles. The van der Waals surface area contributed by atoms with Crippen LogP contribution in [-0.2, 0) is 11.6 Å². The van der Waals surface area contributed by atoms with Gasteiger partial charge >= 0.3 is 7.60 Å². The number of rotatable bonds is 9. The highest BCUT2D eigenvalue weighted by atomic mass is 79.9. The Morgan fingerprint density at radius 2 is 1.33 bits per heavy atom. The van der Waals surface area contributed by atoms with E-state index in [0.29, 0.717) is 34.1 Å². The largest absolute Gasteiger partial charge is 0.457 e. The van der Waals surface area contributed by atoms with Crippen LogP contribution in [0.25, 0.3) is 5.69 Å². The molecule has 1 atom stereocenters. The first kappa shape index (κ1) is 26.6. The zero-order valence-corrected chi connectivity index (χ0v) is 23.9. The van der Waals surface area contributed by atoms with Gasteiger partial charge < -0.3 is 14.4 Å². The molecule has 0 bridgehead atoms. The summed E-state index contributed by atoms with van der Waals surface area (Å²) in [6.45, 7) is 1.84. The average Bonchev–Trinajstić information content (AvgIpc) is 3.15. The molecule has 9 heteroatoms. The number of aromatic nitrogens is 2. The van der Waals surface area contributed by atoms with Crippen molar-refractivity contribution in [2.45, 2.75) is 12.7 Å². The Labute approximate surface area is 235 Å². The standard InChI is InChI=1S/C30H27BrN3O4P/c1-22-28(30(35)34(33(22)2)25-15-6-3-7-16-25)32-29(23-13-12-14-24(31)21-23)39(36,37-26-17-8-4-9-18-26)38-27-19-10-5-11-20-27/h3-21,29,32H,1-2H3. The van der Waals surface area contributed by atoms with E-state index < -0.39 is 13.4 Å². The van der Waals surface area contributed by atoms with Gasteiger partial charge in [-0.2, -0.15) is 0 Å². The number of para-hydroxylation sites is 3. The third kappa shape index (κ3) is 5.72. The Kier molecular flexibility index (Phi) is 7.77. The van der Waals surface area contributed by atoms with E-state index in [2.05, 4.69) is 21.2 Å². The molecule has 5 aromatic rings. The van der Waals surface area contributed by atoms with Gasteiger partial charge in [-0.25, -0.2) is 9.25 Å². The van der Waals surface area contributed by atoms with Gasteiger partial charge in [-0.1, -0.05) is 82.7 Å². The minimum absolute atomic E-state index is 0.285. The van der Waals surface area contributed by atoms with Crippen molar-refractivity contribution in [3.63, 3.8) is 0 Å². The van der Waals surface area contributed by atoms with E-state index in [1.807, 2.05) is 80.7 Å². The van der Waals surface area contributed by atoms with Gasteiger partial charge in [0.1, 0.15) is 17.2 Å². The fourth-order valence-corrected chi connectivity index (χ4v) is 6.58. The zero-order valence-electron chi connectivity index (χ0n) is 21.4. The van der Waals surface area contributed by atoms with Crippen LogP contribution in [0.5, 0.6) is 11.5 Å². The van der Waals surface area contributed by atoms with Crippen LogP contribution in [0.2, 0.25) is 0 Å². The molecule has 7 nitrogen and oxygen atoms in total. The molecule has 0 fully saturated rings. The van der Waals surface area contributed by atoms with Gasteiger partial charge in [0.25, 0.3) is 5.56 Å². The maximum atomic E-state index is 14.9. The summed E-state index contributed by atoms with van der Waals surface area (Å²) in [5.41, 5.74) is 2.00. The van der Waals surface area contributed by atoms with Crippen molar-refractivity contribution in [2.24, 2.45) is 7.05 Å². The summed E-state index contributed by atoms with van der Waals surface area (Å²) in [5.74, 6) is -0.275. The highest BCUT2D eigenvalue weighted by Crippen LogP contribution is 2.60. The van der Waals surface area contributed by atoms with E-state index in [-0.39, 0.29) is 5.56 Å². The summed E-state index contributed by atoms with van der Waals surface area (Å²) in [6.07, 6.45) is 0. The van der Waals surface area contributed by atoms with Crippen molar-refractivity contribution in [1.29, 1.82) is 0 Å². The monoisotopic (exact) mass is 603 g/mol. The Morgan fingerprint density at radius 3 is 1.87 bits per heavy atom. The first-order valence-corrected chi connectivity index (χ1v) is 14.7. The van der Waals surface area contributed by atoms with E-state index >= 15 is 0 Å². The molecular weight excluding hydrogens is 577 g/mol. The van der Waals surface area contributed by atoms with Crippen LogP contribution in [0.3, 0.4) is 0 Å². The van der Waals surface area contributed by atoms with Crippen molar-refractivity contribution < 1.29 is 13.6 Å². The summed E-state index contributed by atoms with van der Waals surface area (Å²) in [7, 11) is -2.28. The minimum Gasteiger partial charge on any atom is -0.414 e. The third-order valence-corrected chi connectivity index (χ3v) is 8.75. The summed E-state index contributed by atoms with van der Waals surface area (Å²) in [6, 6.07) is 34.5. The van der Waals surface area contributed by atoms with Crippen LogP contribution in [-0.4, -0.2) is 9.36 Å². The highest BCUT2D eigenvalue weighted by molar-refractivity contribution is 9.10. The first-order chi connectivity index (χ1) is 18.9. The van der Waals surface area contributed by atoms with E-state index in [0.717, 1.165) is 4.47 Å². The van der Waals surface area contributed by atoms with E-state index in [1.54, 1.807) is 57.9 Å². The predicted octanol–water partition coefficient (Wildman–Crippen LogP) is 7.71. The minimum atomic E-state index is -4.09. The lowest BCUT2D eigenvalue weighted by Gasteiger charge is -2.29. The van der Waals surface area contributed by atoms with Crippen molar-refractivity contribution >= 4 is 29.2 Å². The molecule has 198 valence electrons. The van der Waals surface area contributed by atoms with Gasteiger partial charge in [-0.15, -0.1) is 0 Å². The van der Waals surface area contributed by atoms with E-state index in [1.165, 1.54) is 0 Å². The zero-order chi connectivity index (χ0) is 27.4. The lowest BCUT2D eigenvalue weighted by molar-refractivity contribution is 0.376. The molecule has 0 saturated carbocycles. The molecule has 1 unspecified atom stereocenters. The molecule has 0 aliphatic heterocycles. The third-order valence-electron chi connectivity index (χ3n) is 6.27. The molecular formula is C30H27BrN3O4P. The second kappa shape index (κ2) is 11.4. The topological polar surface area (TPSA) is 74.5 Å². The second-order valence-corrected chi connectivity index (χ2v) is 11.8. The van der Waals surface area contributed by atoms with Crippen molar-refractivity contribution in [1.82, 2.24) is 9.36 Å². The van der Waals surface area contributed by atoms with Crippen LogP contribution in [0.4, 0.5) is 5.69 Å². The van der Waals surface area contributed by atoms with E-state index in [4.69, 9.17) is 9.05 Å². The molecule has 0 aliphatic carbocycles. The van der Waals surface area contributed by atoms with Gasteiger partial charge in [0.05, 0.1) is 11.4 Å². The van der Waals surface area contributed by atoms with Crippen LogP contribution in [0.15, 0.2) is 125 Å². The van der Waals surface area contributed by atoms with Crippen molar-refractivity contribution in [3.8, 4) is 17.2 Å². The van der Waals surface area contributed by atoms with Crippen molar-refractivity contribution in [3.05, 3.63) is 141 Å². The number of nitrogens with one attached hydrogen (secondary N) is 1.